The predicted molar refractivity (Wildman–Crippen MR) is 212 cm³/mol. The second kappa shape index (κ2) is 11.1. The number of hydrogen-bond donors (Lipinski definition) is 0. The van der Waals surface area contributed by atoms with E-state index in [1.165, 1.54) is 75.8 Å². The molecule has 0 radical (unpaired) electrons. The highest BCUT2D eigenvalue weighted by atomic mass is 15.1. The SMILES string of the molecule is c1ccc2cc(-c3ccc(N(c4ccc5ccccc5c4)c4cc5c(ccc6ccc7ccccc7c65)c5ccccc45)cc3)ccc2c1. The van der Waals surface area contributed by atoms with Crippen molar-refractivity contribution in [2.75, 3.05) is 4.90 Å². The molecule has 1 heteroatoms. The van der Waals surface area contributed by atoms with Crippen molar-refractivity contribution < 1.29 is 0 Å². The van der Waals surface area contributed by atoms with Crippen LogP contribution in [0.4, 0.5) is 17.1 Å². The smallest absolute Gasteiger partial charge is 0.0546 e. The van der Waals surface area contributed by atoms with Crippen LogP contribution >= 0.6 is 0 Å². The lowest BCUT2D eigenvalue weighted by atomic mass is 9.92. The summed E-state index contributed by atoms with van der Waals surface area (Å²) in [5.41, 5.74) is 5.84. The molecule has 0 spiro atoms. The van der Waals surface area contributed by atoms with Gasteiger partial charge in [-0.05, 0) is 107 Å². The van der Waals surface area contributed by atoms with Gasteiger partial charge in [0.2, 0.25) is 0 Å². The first-order valence-electron chi connectivity index (χ1n) is 16.9. The van der Waals surface area contributed by atoms with Gasteiger partial charge in [0.25, 0.3) is 0 Å². The van der Waals surface area contributed by atoms with Gasteiger partial charge in [-0.15, -0.1) is 0 Å². The molecule has 0 fully saturated rings. The first-order chi connectivity index (χ1) is 24.3. The summed E-state index contributed by atoms with van der Waals surface area (Å²) in [4.78, 5) is 2.45. The molecule has 1 nitrogen and oxygen atoms in total. The summed E-state index contributed by atoms with van der Waals surface area (Å²) in [6, 6.07) is 69.0. The minimum absolute atomic E-state index is 1.12. The lowest BCUT2D eigenvalue weighted by Gasteiger charge is -2.28. The largest absolute Gasteiger partial charge is 0.310 e. The van der Waals surface area contributed by atoms with Crippen molar-refractivity contribution in [2.45, 2.75) is 0 Å². The molecule has 0 saturated heterocycles. The van der Waals surface area contributed by atoms with Crippen LogP contribution in [0.1, 0.15) is 0 Å². The zero-order chi connectivity index (χ0) is 32.3. The van der Waals surface area contributed by atoms with E-state index in [1.54, 1.807) is 0 Å². The lowest BCUT2D eigenvalue weighted by Crippen LogP contribution is -2.10. The third kappa shape index (κ3) is 4.55. The molecule has 0 N–H and O–H groups in total. The molecule has 10 aromatic rings. The highest BCUT2D eigenvalue weighted by Gasteiger charge is 2.19. The fourth-order valence-electron chi connectivity index (χ4n) is 7.77. The van der Waals surface area contributed by atoms with Crippen LogP contribution in [0, 0.1) is 0 Å². The molecular formula is C48H31N. The number of hydrogen-bond acceptors (Lipinski definition) is 1. The molecule has 0 aliphatic heterocycles. The molecule has 10 aromatic carbocycles. The third-order valence-electron chi connectivity index (χ3n) is 10.2. The quantitative estimate of drug-likeness (QED) is 0.177. The summed E-state index contributed by atoms with van der Waals surface area (Å²) in [7, 11) is 0. The van der Waals surface area contributed by atoms with Gasteiger partial charge < -0.3 is 4.90 Å². The molecule has 0 atom stereocenters. The van der Waals surface area contributed by atoms with Crippen LogP contribution in [0.25, 0.3) is 75.8 Å². The van der Waals surface area contributed by atoms with Crippen LogP contribution in [-0.4, -0.2) is 0 Å². The van der Waals surface area contributed by atoms with Crippen LogP contribution < -0.4 is 4.90 Å². The molecule has 0 heterocycles. The summed E-state index contributed by atoms with van der Waals surface area (Å²) in [6.07, 6.45) is 0. The summed E-state index contributed by atoms with van der Waals surface area (Å²) >= 11 is 0. The van der Waals surface area contributed by atoms with Crippen molar-refractivity contribution >= 4 is 81.7 Å². The minimum Gasteiger partial charge on any atom is -0.310 e. The number of fused-ring (bicyclic) bond motifs is 9. The molecule has 0 aliphatic rings. The predicted octanol–water partition coefficient (Wildman–Crippen LogP) is 13.7. The van der Waals surface area contributed by atoms with Crippen molar-refractivity contribution in [3.8, 4) is 11.1 Å². The Balaban J connectivity index is 1.24. The van der Waals surface area contributed by atoms with Gasteiger partial charge in [0.1, 0.15) is 0 Å². The summed E-state index contributed by atoms with van der Waals surface area (Å²) in [5, 5.41) is 15.1. The minimum atomic E-state index is 1.12. The molecule has 0 saturated carbocycles. The van der Waals surface area contributed by atoms with E-state index in [4.69, 9.17) is 0 Å². The Kier molecular flexibility index (Phi) is 6.25. The average molecular weight is 622 g/mol. The molecule has 0 amide bonds. The zero-order valence-corrected chi connectivity index (χ0v) is 26.8. The summed E-state index contributed by atoms with van der Waals surface area (Å²) in [6.45, 7) is 0. The van der Waals surface area contributed by atoms with E-state index >= 15 is 0 Å². The van der Waals surface area contributed by atoms with Crippen LogP contribution in [0.3, 0.4) is 0 Å². The first kappa shape index (κ1) is 27.7. The Bertz CT molecular complexity index is 2880. The Morgan fingerprint density at radius 3 is 1.55 bits per heavy atom. The molecule has 0 bridgehead atoms. The van der Waals surface area contributed by atoms with Crippen LogP contribution in [-0.2, 0) is 0 Å². The van der Waals surface area contributed by atoms with Gasteiger partial charge in [0.05, 0.1) is 5.69 Å². The first-order valence-corrected chi connectivity index (χ1v) is 16.9. The summed E-state index contributed by atoms with van der Waals surface area (Å²) < 4.78 is 0. The maximum absolute atomic E-state index is 2.45. The number of anilines is 3. The fourth-order valence-corrected chi connectivity index (χ4v) is 7.77. The number of nitrogens with zero attached hydrogens (tertiary/aromatic N) is 1. The van der Waals surface area contributed by atoms with Gasteiger partial charge >= 0.3 is 0 Å². The zero-order valence-electron chi connectivity index (χ0n) is 26.8. The Morgan fingerprint density at radius 1 is 0.265 bits per heavy atom. The molecule has 0 aromatic heterocycles. The van der Waals surface area contributed by atoms with E-state index in [0.717, 1.165) is 17.1 Å². The van der Waals surface area contributed by atoms with E-state index in [9.17, 15) is 0 Å². The molecule has 0 aliphatic carbocycles. The Labute approximate surface area is 284 Å². The molecule has 10 rings (SSSR count). The second-order valence-electron chi connectivity index (χ2n) is 13.0. The van der Waals surface area contributed by atoms with Gasteiger partial charge in [-0.25, -0.2) is 0 Å². The van der Waals surface area contributed by atoms with E-state index in [1.807, 2.05) is 0 Å². The van der Waals surface area contributed by atoms with Crippen molar-refractivity contribution in [3.05, 3.63) is 188 Å². The van der Waals surface area contributed by atoms with E-state index < -0.39 is 0 Å². The van der Waals surface area contributed by atoms with Crippen LogP contribution in [0.5, 0.6) is 0 Å². The van der Waals surface area contributed by atoms with Crippen molar-refractivity contribution in [1.29, 1.82) is 0 Å². The monoisotopic (exact) mass is 621 g/mol. The van der Waals surface area contributed by atoms with Gasteiger partial charge in [0, 0.05) is 16.8 Å². The third-order valence-corrected chi connectivity index (χ3v) is 10.2. The van der Waals surface area contributed by atoms with Gasteiger partial charge in [-0.3, -0.25) is 0 Å². The maximum Gasteiger partial charge on any atom is 0.0546 e. The topological polar surface area (TPSA) is 3.24 Å². The summed E-state index contributed by atoms with van der Waals surface area (Å²) in [5.74, 6) is 0. The van der Waals surface area contributed by atoms with E-state index in [-0.39, 0.29) is 0 Å². The average Bonchev–Trinajstić information content (AvgIpc) is 3.17. The van der Waals surface area contributed by atoms with E-state index in [2.05, 4.69) is 193 Å². The Morgan fingerprint density at radius 2 is 0.776 bits per heavy atom. The molecular weight excluding hydrogens is 591 g/mol. The molecule has 49 heavy (non-hydrogen) atoms. The van der Waals surface area contributed by atoms with Gasteiger partial charge in [-0.1, -0.05) is 152 Å². The standard InChI is InChI=1S/C48H31N/c1-3-12-37-29-39(20-17-32(37)9-1)34-21-25-40(26-22-34)49(41-27-23-33-10-2-4-13-38(33)30-41)47-31-46-44(43-15-7-8-16-45(43)47)28-24-36-19-18-35-11-5-6-14-42(35)48(36)46/h1-31H. The van der Waals surface area contributed by atoms with Crippen LogP contribution in [0.2, 0.25) is 0 Å². The van der Waals surface area contributed by atoms with Crippen LogP contribution in [0.15, 0.2) is 188 Å². The van der Waals surface area contributed by atoms with Crippen molar-refractivity contribution in [3.63, 3.8) is 0 Å². The number of rotatable bonds is 4. The number of benzene rings is 10. The Hall–Kier alpha value is -6.44. The highest BCUT2D eigenvalue weighted by Crippen LogP contribution is 2.45. The maximum atomic E-state index is 2.45. The highest BCUT2D eigenvalue weighted by molar-refractivity contribution is 6.27. The molecule has 228 valence electrons. The lowest BCUT2D eigenvalue weighted by molar-refractivity contribution is 1.31. The second-order valence-corrected chi connectivity index (χ2v) is 13.0. The van der Waals surface area contributed by atoms with Crippen molar-refractivity contribution in [1.82, 2.24) is 0 Å². The fraction of sp³-hybridized carbons (Fsp3) is 0. The normalized spacial score (nSPS) is 11.7. The molecule has 0 unspecified atom stereocenters. The van der Waals surface area contributed by atoms with Gasteiger partial charge in [0.15, 0.2) is 0 Å². The van der Waals surface area contributed by atoms with Gasteiger partial charge in [-0.2, -0.15) is 0 Å². The van der Waals surface area contributed by atoms with Crippen molar-refractivity contribution in [2.24, 2.45) is 0 Å². The van der Waals surface area contributed by atoms with E-state index in [0.29, 0.717) is 0 Å².